The number of carbonyl (C=O) groups is 1. The summed E-state index contributed by atoms with van der Waals surface area (Å²) in [6.07, 6.45) is 19.0. The molecule has 306 valence electrons. The van der Waals surface area contributed by atoms with Crippen LogP contribution in [-0.2, 0) is 28.9 Å². The lowest BCUT2D eigenvalue weighted by Crippen LogP contribution is -2.61. The molecule has 1 aliphatic rings. The van der Waals surface area contributed by atoms with Gasteiger partial charge in [-0.1, -0.05) is 128 Å². The minimum Gasteiger partial charge on any atom is -0.394 e. The van der Waals surface area contributed by atoms with Crippen molar-refractivity contribution in [2.45, 2.75) is 198 Å². The molecule has 1 heterocycles. The Bertz CT molecular complexity index is 1060. The summed E-state index contributed by atoms with van der Waals surface area (Å²) in [7, 11) is -5.11. The van der Waals surface area contributed by atoms with Gasteiger partial charge in [-0.15, -0.1) is 0 Å². The highest BCUT2D eigenvalue weighted by atomic mass is 32.3. The van der Waals surface area contributed by atoms with Crippen LogP contribution in [-0.4, -0.2) is 107 Å². The van der Waals surface area contributed by atoms with E-state index in [0.29, 0.717) is 12.8 Å². The van der Waals surface area contributed by atoms with Crippen molar-refractivity contribution in [1.29, 1.82) is 0 Å². The van der Waals surface area contributed by atoms with Crippen LogP contribution in [0.1, 0.15) is 149 Å². The molecule has 13 nitrogen and oxygen atoms in total. The quantitative estimate of drug-likeness (QED) is 0.0268. The Morgan fingerprint density at radius 2 is 1.27 bits per heavy atom. The summed E-state index contributed by atoms with van der Waals surface area (Å²) >= 11 is 0. The van der Waals surface area contributed by atoms with Crippen LogP contribution >= 0.6 is 0 Å². The average Bonchev–Trinajstić information content (AvgIpc) is 3.11. The number of allylic oxidation sites excluding steroid dienone is 3. The van der Waals surface area contributed by atoms with Crippen molar-refractivity contribution < 1.29 is 57.0 Å². The first kappa shape index (κ1) is 48.6. The number of carbonyl (C=O) groups excluding carboxylic acids is 1. The molecule has 8 unspecified atom stereocenters. The van der Waals surface area contributed by atoms with Gasteiger partial charge in [-0.25, -0.2) is 4.18 Å². The van der Waals surface area contributed by atoms with E-state index in [-0.39, 0.29) is 6.42 Å². The van der Waals surface area contributed by atoms with Crippen molar-refractivity contribution in [2.75, 3.05) is 13.2 Å². The summed E-state index contributed by atoms with van der Waals surface area (Å²) in [5.74, 6) is -0.718. The maximum absolute atomic E-state index is 13.0. The van der Waals surface area contributed by atoms with Crippen molar-refractivity contribution in [3.63, 3.8) is 0 Å². The van der Waals surface area contributed by atoms with Gasteiger partial charge in [-0.05, 0) is 44.9 Å². The highest BCUT2D eigenvalue weighted by Gasteiger charge is 2.48. The first-order chi connectivity index (χ1) is 24.9. The topological polar surface area (TPSA) is 212 Å². The van der Waals surface area contributed by atoms with Gasteiger partial charge in [0.05, 0.1) is 25.4 Å². The van der Waals surface area contributed by atoms with Gasteiger partial charge >= 0.3 is 10.4 Å². The minimum atomic E-state index is -5.11. The third kappa shape index (κ3) is 22.7. The lowest BCUT2D eigenvalue weighted by Gasteiger charge is -2.41. The summed E-state index contributed by atoms with van der Waals surface area (Å²) in [6.45, 7) is 3.08. The van der Waals surface area contributed by atoms with Crippen LogP contribution in [0.2, 0.25) is 0 Å². The first-order valence-electron chi connectivity index (χ1n) is 19.8. The van der Waals surface area contributed by atoms with E-state index in [1.807, 2.05) is 0 Å². The first-order valence-corrected chi connectivity index (χ1v) is 21.2. The van der Waals surface area contributed by atoms with Gasteiger partial charge in [0.2, 0.25) is 5.91 Å². The number of nitrogens with one attached hydrogen (secondary N) is 1. The zero-order chi connectivity index (χ0) is 38.6. The lowest BCUT2D eigenvalue weighted by atomic mass is 9.99. The molecule has 0 radical (unpaired) electrons. The molecule has 14 heteroatoms. The molecule has 1 rings (SSSR count). The molecule has 0 bridgehead atoms. The standard InChI is InChI=1S/C38H71NO12S/c1-3-5-7-9-11-12-13-14-15-16-17-18-19-20-21-23-25-27-32(42)37(45)39-30(31(41)26-24-22-10-8-6-4-2)29-49-38-35(44)36(51-52(46,47)48)34(43)33(28-40)50-38/h17-18,24,26,30-36,38,40-44H,3-16,19-23,25,27-29H2,1-2H3,(H,39,45)(H,46,47,48)/b18-17-,26-24+. The predicted octanol–water partition coefficient (Wildman–Crippen LogP) is 5.18. The third-order valence-corrected chi connectivity index (χ3v) is 9.80. The molecule has 0 spiro atoms. The molecule has 0 aromatic rings. The van der Waals surface area contributed by atoms with Gasteiger partial charge in [0.15, 0.2) is 6.29 Å². The fourth-order valence-corrected chi connectivity index (χ4v) is 6.61. The van der Waals surface area contributed by atoms with E-state index in [2.05, 4.69) is 35.5 Å². The van der Waals surface area contributed by atoms with Crippen molar-refractivity contribution in [3.05, 3.63) is 24.3 Å². The van der Waals surface area contributed by atoms with Gasteiger partial charge in [0, 0.05) is 0 Å². The zero-order valence-electron chi connectivity index (χ0n) is 31.7. The second-order valence-electron chi connectivity index (χ2n) is 14.0. The summed E-state index contributed by atoms with van der Waals surface area (Å²) in [5.41, 5.74) is 0. The molecule has 1 fully saturated rings. The summed E-state index contributed by atoms with van der Waals surface area (Å²) in [4.78, 5) is 13.0. The van der Waals surface area contributed by atoms with Crippen LogP contribution in [0, 0.1) is 0 Å². The number of unbranched alkanes of at least 4 members (excludes halogenated alkanes) is 17. The summed E-state index contributed by atoms with van der Waals surface area (Å²) < 4.78 is 47.1. The number of hydrogen-bond acceptors (Lipinski definition) is 11. The molecular formula is C38H71NO12S. The molecule has 1 aliphatic heterocycles. The fourth-order valence-electron chi connectivity index (χ4n) is 6.10. The van der Waals surface area contributed by atoms with E-state index in [1.165, 1.54) is 63.9 Å². The van der Waals surface area contributed by atoms with Crippen molar-refractivity contribution in [2.24, 2.45) is 0 Å². The van der Waals surface area contributed by atoms with Gasteiger partial charge in [-0.3, -0.25) is 9.35 Å². The van der Waals surface area contributed by atoms with Crippen molar-refractivity contribution in [1.82, 2.24) is 5.32 Å². The second-order valence-corrected chi connectivity index (χ2v) is 15.1. The number of rotatable bonds is 32. The molecule has 0 aromatic carbocycles. The molecule has 0 aromatic heterocycles. The highest BCUT2D eigenvalue weighted by molar-refractivity contribution is 7.80. The Morgan fingerprint density at radius 3 is 1.81 bits per heavy atom. The largest absolute Gasteiger partial charge is 0.397 e. The Kier molecular flexibility index (Phi) is 27.9. The van der Waals surface area contributed by atoms with E-state index >= 15 is 0 Å². The number of hydrogen-bond donors (Lipinski definition) is 7. The molecule has 1 saturated heterocycles. The van der Waals surface area contributed by atoms with E-state index in [4.69, 9.17) is 14.0 Å². The van der Waals surface area contributed by atoms with E-state index in [0.717, 1.165) is 57.8 Å². The maximum atomic E-state index is 13.0. The third-order valence-electron chi connectivity index (χ3n) is 9.33. The number of aliphatic hydroxyl groups is 5. The molecule has 52 heavy (non-hydrogen) atoms. The minimum absolute atomic E-state index is 0.229. The van der Waals surface area contributed by atoms with Gasteiger partial charge in [0.25, 0.3) is 0 Å². The van der Waals surface area contributed by atoms with Crippen molar-refractivity contribution in [3.8, 4) is 0 Å². The number of amides is 1. The van der Waals surface area contributed by atoms with Crippen LogP contribution in [0.5, 0.6) is 0 Å². The van der Waals surface area contributed by atoms with E-state index in [9.17, 15) is 38.7 Å². The molecular weight excluding hydrogens is 694 g/mol. The molecule has 8 atom stereocenters. The zero-order valence-corrected chi connectivity index (χ0v) is 32.5. The molecule has 0 saturated carbocycles. The normalized spacial score (nSPS) is 23.0. The fraction of sp³-hybridized carbons (Fsp3) is 0.868. The van der Waals surface area contributed by atoms with Crippen LogP contribution in [0.25, 0.3) is 0 Å². The van der Waals surface area contributed by atoms with Crippen LogP contribution in [0.15, 0.2) is 24.3 Å². The average molecular weight is 766 g/mol. The SMILES string of the molecule is CCCCCC/C=C/C(O)C(COC1OC(CO)C(O)C(OS(=O)(=O)O)C1O)NC(=O)C(O)CCCCCC/C=C\CCCCCCCCCCC. The smallest absolute Gasteiger partial charge is 0.394 e. The Morgan fingerprint density at radius 1 is 0.769 bits per heavy atom. The Hall–Kier alpha value is -1.46. The number of aliphatic hydroxyl groups excluding tert-OH is 5. The molecule has 1 amide bonds. The van der Waals surface area contributed by atoms with Crippen LogP contribution in [0.3, 0.4) is 0 Å². The Labute approximate surface area is 313 Å². The monoisotopic (exact) mass is 765 g/mol. The van der Waals surface area contributed by atoms with Gasteiger partial charge < -0.3 is 40.3 Å². The summed E-state index contributed by atoms with van der Waals surface area (Å²) in [6, 6.07) is -1.12. The van der Waals surface area contributed by atoms with Gasteiger partial charge in [0.1, 0.15) is 30.5 Å². The summed E-state index contributed by atoms with van der Waals surface area (Å²) in [5, 5.41) is 54.6. The van der Waals surface area contributed by atoms with E-state index < -0.39 is 78.5 Å². The van der Waals surface area contributed by atoms with Crippen molar-refractivity contribution >= 4 is 16.3 Å². The second kappa shape index (κ2) is 29.8. The molecule has 7 N–H and O–H groups in total. The molecule has 0 aliphatic carbocycles. The predicted molar refractivity (Wildman–Crippen MR) is 201 cm³/mol. The number of ether oxygens (including phenoxy) is 2. The van der Waals surface area contributed by atoms with E-state index in [1.54, 1.807) is 6.08 Å². The lowest BCUT2D eigenvalue weighted by molar-refractivity contribution is -0.298. The highest BCUT2D eigenvalue weighted by Crippen LogP contribution is 2.26. The van der Waals surface area contributed by atoms with Crippen LogP contribution in [0.4, 0.5) is 0 Å². The Balaban J connectivity index is 2.56. The maximum Gasteiger partial charge on any atom is 0.397 e. The van der Waals surface area contributed by atoms with Crippen LogP contribution < -0.4 is 5.32 Å². The van der Waals surface area contributed by atoms with Gasteiger partial charge in [-0.2, -0.15) is 8.42 Å².